The lowest BCUT2D eigenvalue weighted by Gasteiger charge is -2.00. The number of carbonyl (C=O) groups is 1. The van der Waals surface area contributed by atoms with Crippen molar-refractivity contribution in [1.29, 1.82) is 5.26 Å². The molecule has 2 rings (SSSR count). The Kier molecular flexibility index (Phi) is 3.39. The topological polar surface area (TPSA) is 88.5 Å². The van der Waals surface area contributed by atoms with Crippen LogP contribution in [-0.2, 0) is 9.53 Å². The number of nitrogens with zero attached hydrogens (tertiary/aromatic N) is 2. The number of amidine groups is 1. The van der Waals surface area contributed by atoms with Gasteiger partial charge in [-0.25, -0.2) is 9.79 Å². The van der Waals surface area contributed by atoms with Gasteiger partial charge in [0.2, 0.25) is 0 Å². The van der Waals surface area contributed by atoms with Crippen LogP contribution in [0.2, 0.25) is 0 Å². The molecule has 18 heavy (non-hydrogen) atoms. The van der Waals surface area contributed by atoms with Crippen LogP contribution in [0.4, 0.5) is 0 Å². The third kappa shape index (κ3) is 2.38. The molecule has 0 bridgehead atoms. The minimum Gasteiger partial charge on any atom is -0.461 e. The highest BCUT2D eigenvalue weighted by Gasteiger charge is 2.18. The second-order valence-corrected chi connectivity index (χ2v) is 3.65. The van der Waals surface area contributed by atoms with Gasteiger partial charge in [0.15, 0.2) is 0 Å². The Bertz CT molecular complexity index is 582. The molecule has 0 unspecified atom stereocenters. The number of hydrogen-bond acceptors (Lipinski definition) is 5. The van der Waals surface area contributed by atoms with Crippen molar-refractivity contribution >= 4 is 17.5 Å². The molecule has 5 nitrogen and oxygen atoms in total. The van der Waals surface area contributed by atoms with Gasteiger partial charge in [0.25, 0.3) is 0 Å². The van der Waals surface area contributed by atoms with Gasteiger partial charge in [-0.15, -0.1) is 0 Å². The number of nitriles is 1. The van der Waals surface area contributed by atoms with Crippen LogP contribution in [-0.4, -0.2) is 18.4 Å². The highest BCUT2D eigenvalue weighted by molar-refractivity contribution is 6.11. The molecule has 0 radical (unpaired) electrons. The number of aliphatic imine (C=N–C) groups is 1. The molecule has 1 aromatic rings. The lowest BCUT2D eigenvalue weighted by molar-refractivity contribution is -0.137. The number of fused-ring (bicyclic) bond motifs is 1. The van der Waals surface area contributed by atoms with Gasteiger partial charge >= 0.3 is 5.97 Å². The first-order valence-electron chi connectivity index (χ1n) is 5.41. The number of ether oxygens (including phenoxy) is 1. The summed E-state index contributed by atoms with van der Waals surface area (Å²) < 4.78 is 4.85. The SMILES string of the molecule is N#CCCOC(=O)C=C1N=C(N)c2ccccc21. The van der Waals surface area contributed by atoms with Crippen LogP contribution in [0.3, 0.4) is 0 Å². The van der Waals surface area contributed by atoms with Gasteiger partial charge in [-0.2, -0.15) is 5.26 Å². The van der Waals surface area contributed by atoms with Gasteiger partial charge in [0.1, 0.15) is 12.4 Å². The quantitative estimate of drug-likeness (QED) is 0.489. The third-order valence-corrected chi connectivity index (χ3v) is 2.43. The minimum absolute atomic E-state index is 0.0833. The predicted octanol–water partition coefficient (Wildman–Crippen LogP) is 1.20. The van der Waals surface area contributed by atoms with Crippen molar-refractivity contribution in [2.45, 2.75) is 6.42 Å². The summed E-state index contributed by atoms with van der Waals surface area (Å²) in [6.45, 7) is 0.0833. The molecule has 1 aromatic carbocycles. The highest BCUT2D eigenvalue weighted by atomic mass is 16.5. The van der Waals surface area contributed by atoms with E-state index in [0.717, 1.165) is 11.1 Å². The highest BCUT2D eigenvalue weighted by Crippen LogP contribution is 2.26. The molecule has 0 aromatic heterocycles. The van der Waals surface area contributed by atoms with E-state index in [4.69, 9.17) is 15.7 Å². The average Bonchev–Trinajstić information content (AvgIpc) is 2.67. The van der Waals surface area contributed by atoms with E-state index in [1.54, 1.807) is 0 Å². The first-order chi connectivity index (χ1) is 8.72. The van der Waals surface area contributed by atoms with Crippen molar-refractivity contribution in [3.63, 3.8) is 0 Å². The Labute approximate surface area is 104 Å². The zero-order valence-corrected chi connectivity index (χ0v) is 9.59. The molecule has 0 atom stereocenters. The monoisotopic (exact) mass is 241 g/mol. The van der Waals surface area contributed by atoms with Gasteiger partial charge in [0, 0.05) is 17.2 Å². The fourth-order valence-electron chi connectivity index (χ4n) is 1.64. The fourth-order valence-corrected chi connectivity index (χ4v) is 1.64. The zero-order chi connectivity index (χ0) is 13.0. The summed E-state index contributed by atoms with van der Waals surface area (Å²) in [4.78, 5) is 15.6. The molecule has 90 valence electrons. The Morgan fingerprint density at radius 2 is 2.17 bits per heavy atom. The molecule has 1 aliphatic rings. The molecule has 2 N–H and O–H groups in total. The summed E-state index contributed by atoms with van der Waals surface area (Å²) in [5, 5.41) is 8.33. The molecule has 0 saturated carbocycles. The van der Waals surface area contributed by atoms with Gasteiger partial charge < -0.3 is 10.5 Å². The van der Waals surface area contributed by atoms with E-state index in [1.165, 1.54) is 6.08 Å². The molecule has 0 saturated heterocycles. The van der Waals surface area contributed by atoms with Crippen LogP contribution in [0, 0.1) is 11.3 Å². The summed E-state index contributed by atoms with van der Waals surface area (Å²) in [6, 6.07) is 9.28. The van der Waals surface area contributed by atoms with Crippen molar-refractivity contribution in [1.82, 2.24) is 0 Å². The summed E-state index contributed by atoms with van der Waals surface area (Å²) >= 11 is 0. The Balaban J connectivity index is 2.16. The lowest BCUT2D eigenvalue weighted by atomic mass is 10.1. The number of rotatable bonds is 3. The standard InChI is InChI=1S/C13H11N3O2/c14-6-3-7-18-12(17)8-11-9-4-1-2-5-10(9)13(15)16-11/h1-2,4-5,8H,3,7H2,(H2,15,16). The molecule has 0 amide bonds. The molecule has 5 heteroatoms. The third-order valence-electron chi connectivity index (χ3n) is 2.43. The van der Waals surface area contributed by atoms with E-state index in [2.05, 4.69) is 4.99 Å². The van der Waals surface area contributed by atoms with Gasteiger partial charge in [-0.3, -0.25) is 0 Å². The largest absolute Gasteiger partial charge is 0.461 e. The first-order valence-corrected chi connectivity index (χ1v) is 5.41. The number of nitrogens with two attached hydrogens (primary N) is 1. The van der Waals surface area contributed by atoms with Crippen LogP contribution in [0.15, 0.2) is 35.3 Å². The average molecular weight is 241 g/mol. The number of hydrogen-bond donors (Lipinski definition) is 1. The normalized spacial score (nSPS) is 14.8. The van der Waals surface area contributed by atoms with Crippen molar-refractivity contribution in [3.8, 4) is 6.07 Å². The van der Waals surface area contributed by atoms with Gasteiger partial charge in [-0.05, 0) is 0 Å². The molecular formula is C13H11N3O2. The van der Waals surface area contributed by atoms with Crippen molar-refractivity contribution in [2.24, 2.45) is 10.7 Å². The van der Waals surface area contributed by atoms with Crippen LogP contribution in [0.5, 0.6) is 0 Å². The number of carbonyl (C=O) groups excluding carboxylic acids is 1. The van der Waals surface area contributed by atoms with Crippen molar-refractivity contribution < 1.29 is 9.53 Å². The molecular weight excluding hydrogens is 230 g/mol. The molecule has 0 aliphatic carbocycles. The molecule has 1 aliphatic heterocycles. The number of esters is 1. The van der Waals surface area contributed by atoms with Gasteiger partial charge in [0.05, 0.1) is 18.2 Å². The van der Waals surface area contributed by atoms with E-state index < -0.39 is 5.97 Å². The lowest BCUT2D eigenvalue weighted by Crippen LogP contribution is -2.09. The maximum Gasteiger partial charge on any atom is 0.332 e. The van der Waals surface area contributed by atoms with Gasteiger partial charge in [-0.1, -0.05) is 24.3 Å². The van der Waals surface area contributed by atoms with Crippen LogP contribution in [0.25, 0.3) is 5.70 Å². The van der Waals surface area contributed by atoms with Crippen LogP contribution in [0.1, 0.15) is 17.5 Å². The zero-order valence-electron chi connectivity index (χ0n) is 9.59. The minimum atomic E-state index is -0.520. The first kappa shape index (κ1) is 11.9. The maximum atomic E-state index is 11.5. The molecule has 1 heterocycles. The Morgan fingerprint density at radius 1 is 1.44 bits per heavy atom. The number of benzene rings is 1. The van der Waals surface area contributed by atoms with Crippen molar-refractivity contribution in [3.05, 3.63) is 41.5 Å². The molecule has 0 spiro atoms. The second kappa shape index (κ2) is 5.15. The van der Waals surface area contributed by atoms with Crippen LogP contribution < -0.4 is 5.73 Å². The van der Waals surface area contributed by atoms with E-state index in [1.807, 2.05) is 30.3 Å². The predicted molar refractivity (Wildman–Crippen MR) is 66.3 cm³/mol. The summed E-state index contributed by atoms with van der Waals surface area (Å²) in [5.41, 5.74) is 7.86. The van der Waals surface area contributed by atoms with Crippen molar-refractivity contribution in [2.75, 3.05) is 6.61 Å². The summed E-state index contributed by atoms with van der Waals surface area (Å²) in [6.07, 6.45) is 1.47. The van der Waals surface area contributed by atoms with E-state index in [0.29, 0.717) is 11.5 Å². The van der Waals surface area contributed by atoms with Crippen LogP contribution >= 0.6 is 0 Å². The Morgan fingerprint density at radius 3 is 2.89 bits per heavy atom. The molecule has 0 fully saturated rings. The summed E-state index contributed by atoms with van der Waals surface area (Å²) in [7, 11) is 0. The van der Waals surface area contributed by atoms with E-state index >= 15 is 0 Å². The Hall–Kier alpha value is -2.61. The maximum absolute atomic E-state index is 11.5. The second-order valence-electron chi connectivity index (χ2n) is 3.65. The fraction of sp³-hybridized carbons (Fsp3) is 0.154. The van der Waals surface area contributed by atoms with E-state index in [9.17, 15) is 4.79 Å². The van der Waals surface area contributed by atoms with E-state index in [-0.39, 0.29) is 13.0 Å². The smallest absolute Gasteiger partial charge is 0.332 e. The summed E-state index contributed by atoms with van der Waals surface area (Å²) in [5.74, 6) is -0.129.